The van der Waals surface area contributed by atoms with Crippen LogP contribution in [-0.4, -0.2) is 20.4 Å². The van der Waals surface area contributed by atoms with E-state index >= 15 is 0 Å². The van der Waals surface area contributed by atoms with E-state index in [1.165, 1.54) is 0 Å². The summed E-state index contributed by atoms with van der Waals surface area (Å²) in [6.45, 7) is 1.77. The van der Waals surface area contributed by atoms with Crippen molar-refractivity contribution in [3.63, 3.8) is 0 Å². The molecular formula is C12H11ClFNO3S. The van der Waals surface area contributed by atoms with E-state index < -0.39 is 31.7 Å². The molecule has 1 unspecified atom stereocenters. The predicted molar refractivity (Wildman–Crippen MR) is 69.8 cm³/mol. The zero-order chi connectivity index (χ0) is 14.6. The molecule has 7 heteroatoms. The number of terminal acetylenes is 1. The number of nitrogens with one attached hydrogen (secondary N) is 1. The lowest BCUT2D eigenvalue weighted by molar-refractivity contribution is 0.0941. The Labute approximate surface area is 115 Å². The fourth-order valence-corrected chi connectivity index (χ4v) is 2.09. The third-order valence-electron chi connectivity index (χ3n) is 2.38. The van der Waals surface area contributed by atoms with Crippen molar-refractivity contribution < 1.29 is 17.6 Å². The predicted octanol–water partition coefficient (Wildman–Crippen LogP) is 1.89. The molecule has 0 spiro atoms. The van der Waals surface area contributed by atoms with Crippen molar-refractivity contribution in [1.82, 2.24) is 5.32 Å². The van der Waals surface area contributed by atoms with Gasteiger partial charge in [-0.3, -0.25) is 4.79 Å². The van der Waals surface area contributed by atoms with Gasteiger partial charge in [0.05, 0.1) is 16.5 Å². The Morgan fingerprint density at radius 3 is 2.63 bits per heavy atom. The number of amides is 1. The standard InChI is InChI=1S/C12H11ClFNO3S/c1-3-8(4-2)15-12(16)10-6-5-9(7-11(10)14)19(13,17)18/h1,5-8H,4H2,2H3,(H,15,16). The van der Waals surface area contributed by atoms with Crippen molar-refractivity contribution in [2.75, 3.05) is 0 Å². The molecule has 0 aliphatic carbocycles. The van der Waals surface area contributed by atoms with Gasteiger partial charge in [0.25, 0.3) is 15.0 Å². The van der Waals surface area contributed by atoms with Gasteiger partial charge in [0.2, 0.25) is 0 Å². The second-order valence-electron chi connectivity index (χ2n) is 3.68. The Kier molecular flexibility index (Phi) is 4.92. The molecule has 4 nitrogen and oxygen atoms in total. The average molecular weight is 304 g/mol. The lowest BCUT2D eigenvalue weighted by Crippen LogP contribution is -2.33. The van der Waals surface area contributed by atoms with Crippen LogP contribution in [0, 0.1) is 18.2 Å². The highest BCUT2D eigenvalue weighted by molar-refractivity contribution is 8.13. The largest absolute Gasteiger partial charge is 0.338 e. The minimum absolute atomic E-state index is 0.294. The Morgan fingerprint density at radius 1 is 1.58 bits per heavy atom. The molecule has 0 aliphatic heterocycles. The molecule has 0 fully saturated rings. The van der Waals surface area contributed by atoms with E-state index in [2.05, 4.69) is 11.2 Å². The van der Waals surface area contributed by atoms with E-state index in [0.29, 0.717) is 12.5 Å². The molecule has 1 aromatic carbocycles. The first-order valence-corrected chi connectivity index (χ1v) is 7.61. The van der Waals surface area contributed by atoms with Crippen molar-refractivity contribution in [2.24, 2.45) is 0 Å². The van der Waals surface area contributed by atoms with Crippen LogP contribution in [0.15, 0.2) is 23.1 Å². The highest BCUT2D eigenvalue weighted by Gasteiger charge is 2.18. The molecule has 0 aromatic heterocycles. The summed E-state index contributed by atoms with van der Waals surface area (Å²) in [5.41, 5.74) is -0.294. The van der Waals surface area contributed by atoms with E-state index in [1.807, 2.05) is 0 Å². The Morgan fingerprint density at radius 2 is 2.21 bits per heavy atom. The number of carbonyl (C=O) groups is 1. The number of hydrogen-bond donors (Lipinski definition) is 1. The van der Waals surface area contributed by atoms with Gasteiger partial charge in [-0.1, -0.05) is 12.8 Å². The number of carbonyl (C=O) groups excluding carboxylic acids is 1. The number of benzene rings is 1. The molecule has 0 heterocycles. The SMILES string of the molecule is C#CC(CC)NC(=O)c1ccc(S(=O)(=O)Cl)cc1F. The van der Waals surface area contributed by atoms with Crippen LogP contribution in [0.4, 0.5) is 4.39 Å². The lowest BCUT2D eigenvalue weighted by Gasteiger charge is -2.11. The van der Waals surface area contributed by atoms with Gasteiger partial charge in [-0.2, -0.15) is 0 Å². The van der Waals surface area contributed by atoms with Crippen LogP contribution >= 0.6 is 10.7 Å². The van der Waals surface area contributed by atoms with Crippen molar-refractivity contribution in [3.05, 3.63) is 29.6 Å². The molecule has 102 valence electrons. The quantitative estimate of drug-likeness (QED) is 0.682. The number of rotatable bonds is 4. The van der Waals surface area contributed by atoms with Crippen LogP contribution in [-0.2, 0) is 9.05 Å². The van der Waals surface area contributed by atoms with Crippen LogP contribution in [0.3, 0.4) is 0 Å². The summed E-state index contributed by atoms with van der Waals surface area (Å²) in [5.74, 6) is 0.648. The van der Waals surface area contributed by atoms with Crippen molar-refractivity contribution in [1.29, 1.82) is 0 Å². The lowest BCUT2D eigenvalue weighted by atomic mass is 10.1. The maximum Gasteiger partial charge on any atom is 0.261 e. The Bertz CT molecular complexity index is 637. The third kappa shape index (κ3) is 3.94. The Hall–Kier alpha value is -1.58. The summed E-state index contributed by atoms with van der Waals surface area (Å²) in [6.07, 6.45) is 5.67. The van der Waals surface area contributed by atoms with Crippen LogP contribution in [0.5, 0.6) is 0 Å². The van der Waals surface area contributed by atoms with Gasteiger partial charge in [0.15, 0.2) is 0 Å². The summed E-state index contributed by atoms with van der Waals surface area (Å²) in [6, 6.07) is 2.28. The zero-order valence-corrected chi connectivity index (χ0v) is 11.6. The summed E-state index contributed by atoms with van der Waals surface area (Å²) in [4.78, 5) is 11.3. The topological polar surface area (TPSA) is 63.2 Å². The Balaban J connectivity index is 3.04. The molecule has 1 aromatic rings. The molecule has 0 saturated carbocycles. The summed E-state index contributed by atoms with van der Waals surface area (Å²) >= 11 is 0. The van der Waals surface area contributed by atoms with Crippen molar-refractivity contribution >= 4 is 25.6 Å². The van der Waals surface area contributed by atoms with Gasteiger partial charge in [-0.05, 0) is 24.6 Å². The second kappa shape index (κ2) is 6.04. The fraction of sp³-hybridized carbons (Fsp3) is 0.250. The molecule has 0 radical (unpaired) electrons. The minimum atomic E-state index is -4.03. The van der Waals surface area contributed by atoms with Gasteiger partial charge >= 0.3 is 0 Å². The van der Waals surface area contributed by atoms with E-state index in [9.17, 15) is 17.6 Å². The van der Waals surface area contributed by atoms with E-state index in [0.717, 1.165) is 12.1 Å². The van der Waals surface area contributed by atoms with Crippen molar-refractivity contribution in [3.8, 4) is 12.3 Å². The molecule has 1 atom stereocenters. The van der Waals surface area contributed by atoms with E-state index in [-0.39, 0.29) is 5.56 Å². The van der Waals surface area contributed by atoms with Gasteiger partial charge < -0.3 is 5.32 Å². The van der Waals surface area contributed by atoms with E-state index in [4.69, 9.17) is 17.1 Å². The number of halogens is 2. The second-order valence-corrected chi connectivity index (χ2v) is 6.25. The average Bonchev–Trinajstić information content (AvgIpc) is 2.34. The molecule has 1 N–H and O–H groups in total. The van der Waals surface area contributed by atoms with Crippen molar-refractivity contribution in [2.45, 2.75) is 24.3 Å². The molecule has 0 aliphatic rings. The smallest absolute Gasteiger partial charge is 0.261 e. The highest BCUT2D eigenvalue weighted by atomic mass is 35.7. The highest BCUT2D eigenvalue weighted by Crippen LogP contribution is 2.18. The monoisotopic (exact) mass is 303 g/mol. The maximum atomic E-state index is 13.7. The van der Waals surface area contributed by atoms with Gasteiger partial charge in [0.1, 0.15) is 5.82 Å². The normalized spacial score (nSPS) is 12.5. The summed E-state index contributed by atoms with van der Waals surface area (Å²) < 4.78 is 35.7. The van der Waals surface area contributed by atoms with Crippen LogP contribution in [0.2, 0.25) is 0 Å². The minimum Gasteiger partial charge on any atom is -0.338 e. The van der Waals surface area contributed by atoms with Gasteiger partial charge in [-0.15, -0.1) is 6.42 Å². The maximum absolute atomic E-state index is 13.7. The molecule has 0 bridgehead atoms. The van der Waals surface area contributed by atoms with Crippen LogP contribution < -0.4 is 5.32 Å². The summed E-state index contributed by atoms with van der Waals surface area (Å²) in [5, 5.41) is 2.43. The van der Waals surface area contributed by atoms with Gasteiger partial charge in [0, 0.05) is 10.7 Å². The van der Waals surface area contributed by atoms with Crippen LogP contribution in [0.25, 0.3) is 0 Å². The third-order valence-corrected chi connectivity index (χ3v) is 3.73. The first kappa shape index (κ1) is 15.5. The zero-order valence-electron chi connectivity index (χ0n) is 9.98. The molecular weight excluding hydrogens is 293 g/mol. The summed E-state index contributed by atoms with van der Waals surface area (Å²) in [7, 11) is 1.04. The first-order chi connectivity index (χ1) is 8.79. The fourth-order valence-electron chi connectivity index (χ4n) is 1.33. The van der Waals surface area contributed by atoms with E-state index in [1.54, 1.807) is 6.92 Å². The molecule has 1 amide bonds. The first-order valence-electron chi connectivity index (χ1n) is 5.30. The van der Waals surface area contributed by atoms with Gasteiger partial charge in [-0.25, -0.2) is 12.8 Å². The molecule has 0 saturated heterocycles. The number of hydrogen-bond acceptors (Lipinski definition) is 3. The molecule has 1 rings (SSSR count). The molecule has 19 heavy (non-hydrogen) atoms. The van der Waals surface area contributed by atoms with Crippen LogP contribution in [0.1, 0.15) is 23.7 Å².